The molecule has 9 nitrogen and oxygen atoms in total. The Hall–Kier alpha value is -4.21. The van der Waals surface area contributed by atoms with Crippen LogP contribution in [0.25, 0.3) is 16.7 Å². The average molecular weight is 393 g/mol. The van der Waals surface area contributed by atoms with E-state index < -0.39 is 16.3 Å². The molecule has 29 heavy (non-hydrogen) atoms. The van der Waals surface area contributed by atoms with E-state index in [9.17, 15) is 24.1 Å². The molecule has 0 saturated carbocycles. The van der Waals surface area contributed by atoms with E-state index in [1.54, 1.807) is 6.07 Å². The number of halogens is 1. The van der Waals surface area contributed by atoms with Gasteiger partial charge in [-0.1, -0.05) is 12.1 Å². The van der Waals surface area contributed by atoms with Gasteiger partial charge in [0.25, 0.3) is 11.2 Å². The molecule has 0 amide bonds. The van der Waals surface area contributed by atoms with Gasteiger partial charge in [-0.2, -0.15) is 5.10 Å². The van der Waals surface area contributed by atoms with Crippen molar-refractivity contribution in [3.8, 4) is 5.69 Å². The smallest absolute Gasteiger partial charge is 0.292 e. The molecule has 0 saturated heterocycles. The van der Waals surface area contributed by atoms with Gasteiger partial charge < -0.3 is 0 Å². The van der Waals surface area contributed by atoms with Crippen LogP contribution in [0, 0.1) is 15.9 Å². The zero-order valence-electron chi connectivity index (χ0n) is 14.7. The summed E-state index contributed by atoms with van der Waals surface area (Å²) in [5, 5.41) is 15.4. The fourth-order valence-electron chi connectivity index (χ4n) is 2.92. The lowest BCUT2D eigenvalue weighted by Crippen LogP contribution is -2.24. The molecule has 4 aromatic rings. The molecule has 0 bridgehead atoms. The summed E-state index contributed by atoms with van der Waals surface area (Å²) in [7, 11) is 0. The maximum atomic E-state index is 13.0. The highest BCUT2D eigenvalue weighted by Gasteiger charge is 2.19. The van der Waals surface area contributed by atoms with Crippen molar-refractivity contribution in [3.63, 3.8) is 0 Å². The number of para-hydroxylation sites is 2. The van der Waals surface area contributed by atoms with Crippen LogP contribution in [0.15, 0.2) is 65.8 Å². The predicted octanol–water partition coefficient (Wildman–Crippen LogP) is 2.51. The van der Waals surface area contributed by atoms with Crippen LogP contribution >= 0.6 is 0 Å². The molecule has 0 unspecified atom stereocenters. The fourth-order valence-corrected chi connectivity index (χ4v) is 2.92. The number of hydrogen-bond donors (Lipinski definition) is 0. The number of aromatic nitrogens is 4. The SMILES string of the molecule is O=C(Cn1cnc2c(cnn2-c2ccccc2[N+](=O)[O-])c1=O)c1ccc(F)cc1. The van der Waals surface area contributed by atoms with E-state index >= 15 is 0 Å². The second kappa shape index (κ2) is 7.08. The Kier molecular flexibility index (Phi) is 4.43. The summed E-state index contributed by atoms with van der Waals surface area (Å²) in [4.78, 5) is 40.0. The molecule has 144 valence electrons. The number of fused-ring (bicyclic) bond motifs is 1. The van der Waals surface area contributed by atoms with E-state index in [4.69, 9.17) is 0 Å². The minimum absolute atomic E-state index is 0.109. The third kappa shape index (κ3) is 3.27. The van der Waals surface area contributed by atoms with Crippen LogP contribution in [0.1, 0.15) is 10.4 Å². The van der Waals surface area contributed by atoms with Crippen molar-refractivity contribution in [3.05, 3.63) is 92.9 Å². The lowest BCUT2D eigenvalue weighted by Gasteiger charge is -2.06. The van der Waals surface area contributed by atoms with Gasteiger partial charge in [0.05, 0.1) is 17.7 Å². The molecular formula is C19H12FN5O4. The number of Topliss-reactive ketones (excluding diaryl/α,β-unsaturated/α-hetero) is 1. The molecule has 0 N–H and O–H groups in total. The van der Waals surface area contributed by atoms with Crippen LogP contribution in [0.2, 0.25) is 0 Å². The van der Waals surface area contributed by atoms with Crippen LogP contribution in [-0.2, 0) is 6.54 Å². The minimum atomic E-state index is -0.550. The summed E-state index contributed by atoms with van der Waals surface area (Å²) in [6.45, 7) is -0.288. The molecule has 0 atom stereocenters. The predicted molar refractivity (Wildman–Crippen MR) is 101 cm³/mol. The van der Waals surface area contributed by atoms with Gasteiger partial charge in [0.1, 0.15) is 23.2 Å². The molecule has 0 aliphatic carbocycles. The maximum Gasteiger partial charge on any atom is 0.294 e. The zero-order chi connectivity index (χ0) is 20.5. The van der Waals surface area contributed by atoms with Gasteiger partial charge >= 0.3 is 0 Å². The second-order valence-corrected chi connectivity index (χ2v) is 6.15. The van der Waals surface area contributed by atoms with Crippen molar-refractivity contribution in [1.29, 1.82) is 0 Å². The molecule has 2 heterocycles. The Labute approximate surface area is 161 Å². The van der Waals surface area contributed by atoms with Crippen LogP contribution in [0.3, 0.4) is 0 Å². The highest BCUT2D eigenvalue weighted by atomic mass is 19.1. The highest BCUT2D eigenvalue weighted by molar-refractivity contribution is 5.96. The summed E-state index contributed by atoms with van der Waals surface area (Å²) < 4.78 is 15.3. The first-order chi connectivity index (χ1) is 14.0. The zero-order valence-corrected chi connectivity index (χ0v) is 14.7. The third-order valence-corrected chi connectivity index (χ3v) is 4.34. The summed E-state index contributed by atoms with van der Waals surface area (Å²) in [6, 6.07) is 10.9. The van der Waals surface area contributed by atoms with Gasteiger partial charge in [-0.05, 0) is 30.3 Å². The van der Waals surface area contributed by atoms with Crippen molar-refractivity contribution in [2.24, 2.45) is 0 Å². The van der Waals surface area contributed by atoms with Gasteiger partial charge in [0, 0.05) is 11.6 Å². The fraction of sp³-hybridized carbons (Fsp3) is 0.0526. The maximum absolute atomic E-state index is 13.0. The molecule has 4 rings (SSSR count). The molecule has 10 heteroatoms. The van der Waals surface area contributed by atoms with E-state index in [-0.39, 0.29) is 40.3 Å². The summed E-state index contributed by atoms with van der Waals surface area (Å²) >= 11 is 0. The number of benzene rings is 2. The lowest BCUT2D eigenvalue weighted by molar-refractivity contribution is -0.384. The second-order valence-electron chi connectivity index (χ2n) is 6.15. The molecule has 0 aliphatic heterocycles. The first-order valence-corrected chi connectivity index (χ1v) is 8.41. The van der Waals surface area contributed by atoms with Crippen molar-refractivity contribution in [1.82, 2.24) is 19.3 Å². The number of carbonyl (C=O) groups excluding carboxylic acids is 1. The molecule has 2 aromatic heterocycles. The lowest BCUT2D eigenvalue weighted by atomic mass is 10.1. The van der Waals surface area contributed by atoms with Gasteiger partial charge in [-0.25, -0.2) is 14.1 Å². The molecule has 2 aromatic carbocycles. The minimum Gasteiger partial charge on any atom is -0.292 e. The quantitative estimate of drug-likeness (QED) is 0.292. The number of nitro benzene ring substituents is 1. The molecule has 0 fully saturated rings. The number of nitrogens with zero attached hydrogens (tertiary/aromatic N) is 5. The Bertz CT molecular complexity index is 1310. The number of hydrogen-bond acceptors (Lipinski definition) is 6. The summed E-state index contributed by atoms with van der Waals surface area (Å²) in [5.41, 5.74) is -0.145. The summed E-state index contributed by atoms with van der Waals surface area (Å²) in [5.74, 6) is -0.858. The number of ketones is 1. The van der Waals surface area contributed by atoms with Crippen molar-refractivity contribution in [2.45, 2.75) is 6.54 Å². The van der Waals surface area contributed by atoms with E-state index in [1.165, 1.54) is 47.5 Å². The van der Waals surface area contributed by atoms with E-state index in [1.807, 2.05) is 0 Å². The Morgan fingerprint density at radius 1 is 1.14 bits per heavy atom. The van der Waals surface area contributed by atoms with E-state index in [0.29, 0.717) is 0 Å². The van der Waals surface area contributed by atoms with Crippen molar-refractivity contribution < 1.29 is 14.1 Å². The topological polar surface area (TPSA) is 113 Å². The number of carbonyl (C=O) groups is 1. The average Bonchev–Trinajstić information content (AvgIpc) is 3.15. The molecule has 0 spiro atoms. The van der Waals surface area contributed by atoms with Gasteiger partial charge in [0.15, 0.2) is 11.4 Å². The standard InChI is InChI=1S/C19H12FN5O4/c20-13-7-5-12(6-8-13)17(26)10-23-11-21-18-14(19(23)27)9-22-24(18)15-3-1-2-4-16(15)25(28)29/h1-9,11H,10H2. The molecule has 0 radical (unpaired) electrons. The van der Waals surface area contributed by atoms with Gasteiger partial charge in [0.2, 0.25) is 0 Å². The van der Waals surface area contributed by atoms with E-state index in [2.05, 4.69) is 10.1 Å². The first kappa shape index (κ1) is 18.2. The summed E-state index contributed by atoms with van der Waals surface area (Å²) in [6.07, 6.45) is 2.43. The van der Waals surface area contributed by atoms with Crippen molar-refractivity contribution in [2.75, 3.05) is 0 Å². The van der Waals surface area contributed by atoms with Gasteiger partial charge in [-0.3, -0.25) is 24.3 Å². The van der Waals surface area contributed by atoms with Crippen LogP contribution in [-0.4, -0.2) is 30.0 Å². The van der Waals surface area contributed by atoms with Gasteiger partial charge in [-0.15, -0.1) is 0 Å². The normalized spacial score (nSPS) is 10.9. The first-order valence-electron chi connectivity index (χ1n) is 8.41. The monoisotopic (exact) mass is 393 g/mol. The van der Waals surface area contributed by atoms with Crippen molar-refractivity contribution >= 4 is 22.5 Å². The number of nitro groups is 1. The van der Waals surface area contributed by atoms with Crippen LogP contribution in [0.4, 0.5) is 10.1 Å². The molecule has 0 aliphatic rings. The van der Waals surface area contributed by atoms with E-state index in [0.717, 1.165) is 16.7 Å². The Balaban J connectivity index is 1.73. The number of rotatable bonds is 5. The highest BCUT2D eigenvalue weighted by Crippen LogP contribution is 2.23. The Morgan fingerprint density at radius 2 is 1.86 bits per heavy atom. The molecular weight excluding hydrogens is 381 g/mol. The third-order valence-electron chi connectivity index (χ3n) is 4.34. The van der Waals surface area contributed by atoms with Crippen LogP contribution in [0.5, 0.6) is 0 Å². The van der Waals surface area contributed by atoms with Crippen LogP contribution < -0.4 is 5.56 Å². The largest absolute Gasteiger partial charge is 0.294 e. The Morgan fingerprint density at radius 3 is 2.59 bits per heavy atom.